The molecule has 0 unspecified atom stereocenters. The molecule has 0 aromatic heterocycles. The van der Waals surface area contributed by atoms with Gasteiger partial charge in [0.2, 0.25) is 0 Å². The van der Waals surface area contributed by atoms with E-state index < -0.39 is 13.0 Å². The van der Waals surface area contributed by atoms with Crippen LogP contribution in [0.2, 0.25) is 0 Å². The molecule has 0 amide bonds. The molecule has 144 valence electrons. The first-order valence-corrected chi connectivity index (χ1v) is 14.5. The fraction of sp³-hybridized carbons (Fsp3) is 1.00. The molecule has 8 heteroatoms. The van der Waals surface area contributed by atoms with Gasteiger partial charge in [0.05, 0.1) is 26.4 Å². The van der Waals surface area contributed by atoms with Crippen molar-refractivity contribution in [2.24, 2.45) is 22.7 Å². The Morgan fingerprint density at radius 1 is 0.625 bits per heavy atom. The molecule has 24 heavy (non-hydrogen) atoms. The highest BCUT2D eigenvalue weighted by atomic mass is 32.5. The third kappa shape index (κ3) is 8.22. The molecule has 2 aliphatic rings. The molecule has 2 fully saturated rings. The number of rotatable bonds is 0. The second-order valence-corrected chi connectivity index (χ2v) is 16.9. The third-order valence-electron chi connectivity index (χ3n) is 4.49. The van der Waals surface area contributed by atoms with E-state index in [0.717, 1.165) is 26.4 Å². The Kier molecular flexibility index (Phi) is 8.15. The van der Waals surface area contributed by atoms with Gasteiger partial charge in [-0.15, -0.1) is 0 Å². The lowest BCUT2D eigenvalue weighted by Crippen LogP contribution is -2.32. The predicted octanol–water partition coefficient (Wildman–Crippen LogP) is 5.27. The Labute approximate surface area is 158 Å². The van der Waals surface area contributed by atoms with Gasteiger partial charge in [-0.3, -0.25) is 0 Å². The van der Waals surface area contributed by atoms with Gasteiger partial charge in [-0.05, 0) is 34.4 Å². The predicted molar refractivity (Wildman–Crippen MR) is 110 cm³/mol. The first kappa shape index (κ1) is 23.2. The fourth-order valence-electron chi connectivity index (χ4n) is 2.07. The van der Waals surface area contributed by atoms with Crippen LogP contribution in [-0.4, -0.2) is 39.8 Å². The van der Waals surface area contributed by atoms with Crippen LogP contribution in [0.1, 0.15) is 41.5 Å². The minimum Gasteiger partial charge on any atom is -0.329 e. The summed E-state index contributed by atoms with van der Waals surface area (Å²) in [6, 6.07) is 0. The normalized spacial score (nSPS) is 38.2. The molecule has 0 aromatic carbocycles. The van der Waals surface area contributed by atoms with Crippen molar-refractivity contribution < 1.29 is 18.1 Å². The maximum absolute atomic E-state index is 5.51. The molecule has 0 atom stereocenters. The molecule has 2 heterocycles. The van der Waals surface area contributed by atoms with Gasteiger partial charge in [0.15, 0.2) is 13.0 Å². The van der Waals surface area contributed by atoms with Crippen LogP contribution >= 0.6 is 13.0 Å². The van der Waals surface area contributed by atoms with E-state index in [1.54, 1.807) is 0 Å². The zero-order chi connectivity index (χ0) is 18.8. The first-order valence-electron chi connectivity index (χ1n) is 8.35. The molecule has 0 N–H and O–H groups in total. The van der Waals surface area contributed by atoms with E-state index in [2.05, 4.69) is 41.5 Å². The standard InChI is InChI=1S/2C8H17O2PS/c2*1-8(2,3)7-5-9-11(4,12)10-6-7/h2*7H,5-6H2,1-4H3. The Morgan fingerprint density at radius 2 is 0.833 bits per heavy atom. The van der Waals surface area contributed by atoms with Gasteiger partial charge >= 0.3 is 0 Å². The summed E-state index contributed by atoms with van der Waals surface area (Å²) in [7, 11) is 0. The lowest BCUT2D eigenvalue weighted by atomic mass is 9.82. The summed E-state index contributed by atoms with van der Waals surface area (Å²) >= 11 is 10.3. The minimum absolute atomic E-state index is 0.260. The molecule has 0 aliphatic carbocycles. The lowest BCUT2D eigenvalue weighted by Gasteiger charge is -2.36. The fourth-order valence-corrected chi connectivity index (χ4v) is 4.75. The van der Waals surface area contributed by atoms with Crippen LogP contribution in [0, 0.1) is 22.7 Å². The van der Waals surface area contributed by atoms with Gasteiger partial charge in [-0.25, -0.2) is 0 Å². The Balaban J connectivity index is 0.000000240. The summed E-state index contributed by atoms with van der Waals surface area (Å²) in [4.78, 5) is 0. The molecule has 0 aromatic rings. The van der Waals surface area contributed by atoms with Crippen molar-refractivity contribution in [3.05, 3.63) is 0 Å². The summed E-state index contributed by atoms with van der Waals surface area (Å²) in [6.45, 7) is 16.3. The van der Waals surface area contributed by atoms with Gasteiger partial charge in [-0.2, -0.15) is 0 Å². The molecule has 0 saturated carbocycles. The van der Waals surface area contributed by atoms with E-state index in [1.807, 2.05) is 13.3 Å². The first-order chi connectivity index (χ1) is 10.6. The van der Waals surface area contributed by atoms with E-state index in [0.29, 0.717) is 11.8 Å². The average molecular weight is 417 g/mol. The molecule has 0 spiro atoms. The van der Waals surface area contributed by atoms with Crippen LogP contribution in [0.5, 0.6) is 0 Å². The highest BCUT2D eigenvalue weighted by Gasteiger charge is 2.33. The van der Waals surface area contributed by atoms with Crippen LogP contribution in [0.25, 0.3) is 0 Å². The van der Waals surface area contributed by atoms with Crippen molar-refractivity contribution in [2.75, 3.05) is 39.8 Å². The van der Waals surface area contributed by atoms with Gasteiger partial charge in [0, 0.05) is 25.2 Å². The molecule has 2 saturated heterocycles. The Bertz CT molecular complexity index is 441. The number of hydrogen-bond acceptors (Lipinski definition) is 6. The Morgan fingerprint density at radius 3 is 1.00 bits per heavy atom. The molecule has 0 bridgehead atoms. The minimum atomic E-state index is -1.86. The molecular weight excluding hydrogens is 382 g/mol. The zero-order valence-electron chi connectivity index (χ0n) is 16.3. The van der Waals surface area contributed by atoms with Crippen LogP contribution in [0.4, 0.5) is 0 Å². The van der Waals surface area contributed by atoms with E-state index in [-0.39, 0.29) is 10.8 Å². The van der Waals surface area contributed by atoms with Gasteiger partial charge in [-0.1, -0.05) is 41.5 Å². The second-order valence-electron chi connectivity index (χ2n) is 8.85. The molecule has 2 aliphatic heterocycles. The van der Waals surface area contributed by atoms with Gasteiger partial charge < -0.3 is 18.1 Å². The molecular formula is C16H34O4P2S2. The van der Waals surface area contributed by atoms with Crippen LogP contribution in [0.15, 0.2) is 0 Å². The topological polar surface area (TPSA) is 36.9 Å². The van der Waals surface area contributed by atoms with Crippen molar-refractivity contribution in [2.45, 2.75) is 41.5 Å². The van der Waals surface area contributed by atoms with Gasteiger partial charge in [0.1, 0.15) is 0 Å². The highest BCUT2D eigenvalue weighted by Crippen LogP contribution is 2.51. The molecule has 2 rings (SSSR count). The summed E-state index contributed by atoms with van der Waals surface area (Å²) in [5.41, 5.74) is 0.519. The summed E-state index contributed by atoms with van der Waals surface area (Å²) in [5.74, 6) is 0.960. The maximum atomic E-state index is 5.51. The van der Waals surface area contributed by atoms with Crippen molar-refractivity contribution in [1.82, 2.24) is 0 Å². The summed E-state index contributed by atoms with van der Waals surface area (Å²) < 4.78 is 22.0. The van der Waals surface area contributed by atoms with Crippen molar-refractivity contribution in [1.29, 1.82) is 0 Å². The molecule has 0 radical (unpaired) electrons. The summed E-state index contributed by atoms with van der Waals surface area (Å²) in [5, 5.41) is 0. The van der Waals surface area contributed by atoms with E-state index in [1.165, 1.54) is 0 Å². The second kappa shape index (κ2) is 8.44. The third-order valence-corrected chi connectivity index (χ3v) is 8.23. The van der Waals surface area contributed by atoms with Crippen molar-refractivity contribution >= 4 is 36.6 Å². The highest BCUT2D eigenvalue weighted by molar-refractivity contribution is 8.09. The monoisotopic (exact) mass is 416 g/mol. The van der Waals surface area contributed by atoms with Crippen LogP contribution in [0.3, 0.4) is 0 Å². The lowest BCUT2D eigenvalue weighted by molar-refractivity contribution is 0.0524. The zero-order valence-corrected chi connectivity index (χ0v) is 19.7. The average Bonchev–Trinajstić information content (AvgIpc) is 2.36. The van der Waals surface area contributed by atoms with Crippen molar-refractivity contribution in [3.8, 4) is 0 Å². The SMILES string of the molecule is CC(C)(C)C1COP(C)(=S)OC1.CC(C)(C)C1COP(C)(=S)OC1. The smallest absolute Gasteiger partial charge is 0.185 e. The Hall–Kier alpha value is 1.14. The van der Waals surface area contributed by atoms with Crippen molar-refractivity contribution in [3.63, 3.8) is 0 Å². The largest absolute Gasteiger partial charge is 0.329 e. The van der Waals surface area contributed by atoms with E-state index in [4.69, 9.17) is 41.7 Å². The van der Waals surface area contributed by atoms with Gasteiger partial charge in [0.25, 0.3) is 0 Å². The molecule has 4 nitrogen and oxygen atoms in total. The summed E-state index contributed by atoms with van der Waals surface area (Å²) in [6.07, 6.45) is 0. The quantitative estimate of drug-likeness (QED) is 0.501. The van der Waals surface area contributed by atoms with Crippen LogP contribution < -0.4 is 0 Å². The van der Waals surface area contributed by atoms with Crippen LogP contribution in [-0.2, 0) is 41.7 Å². The van der Waals surface area contributed by atoms with E-state index in [9.17, 15) is 0 Å². The van der Waals surface area contributed by atoms with E-state index >= 15 is 0 Å². The maximum Gasteiger partial charge on any atom is 0.185 e. The number of hydrogen-bond donors (Lipinski definition) is 0.